The van der Waals surface area contributed by atoms with Crippen molar-refractivity contribution >= 4 is 44.8 Å². The van der Waals surface area contributed by atoms with E-state index in [1.807, 2.05) is 0 Å². The summed E-state index contributed by atoms with van der Waals surface area (Å²) in [6.45, 7) is 1.34. The minimum Gasteiger partial charge on any atom is -0.497 e. The highest BCUT2D eigenvalue weighted by Crippen LogP contribution is 2.22. The molecule has 10 heteroatoms. The predicted octanol–water partition coefficient (Wildman–Crippen LogP) is 3.83. The van der Waals surface area contributed by atoms with Gasteiger partial charge in [0.25, 0.3) is 15.9 Å². The Morgan fingerprint density at radius 3 is 2.21 bits per heavy atom. The summed E-state index contributed by atoms with van der Waals surface area (Å²) in [6, 6.07) is 17.2. The van der Waals surface area contributed by atoms with Crippen LogP contribution < -0.4 is 20.1 Å². The second kappa shape index (κ2) is 10.4. The topological polar surface area (TPSA) is 114 Å². The molecule has 0 atom stereocenters. The van der Waals surface area contributed by atoms with Crippen molar-refractivity contribution in [1.82, 2.24) is 5.32 Å². The lowest BCUT2D eigenvalue weighted by Crippen LogP contribution is -2.33. The van der Waals surface area contributed by atoms with Crippen molar-refractivity contribution in [3.63, 3.8) is 0 Å². The molecule has 0 bridgehead atoms. The van der Waals surface area contributed by atoms with E-state index in [0.29, 0.717) is 27.7 Å². The summed E-state index contributed by atoms with van der Waals surface area (Å²) in [5, 5.41) is 5.65. The maximum atomic E-state index is 12.9. The average molecular weight is 488 g/mol. The highest BCUT2D eigenvalue weighted by molar-refractivity contribution is 7.92. The quantitative estimate of drug-likeness (QED) is 0.447. The molecule has 3 aromatic carbocycles. The van der Waals surface area contributed by atoms with E-state index in [2.05, 4.69) is 15.4 Å². The monoisotopic (exact) mass is 487 g/mol. The van der Waals surface area contributed by atoms with Crippen molar-refractivity contribution in [1.29, 1.82) is 0 Å². The van der Waals surface area contributed by atoms with Gasteiger partial charge in [0, 0.05) is 22.0 Å². The number of ether oxygens (including phenoxy) is 1. The molecule has 0 aliphatic heterocycles. The van der Waals surface area contributed by atoms with Gasteiger partial charge in [0.1, 0.15) is 5.75 Å². The number of anilines is 2. The average Bonchev–Trinajstić information content (AvgIpc) is 2.79. The number of nitrogens with one attached hydrogen (secondary N) is 3. The van der Waals surface area contributed by atoms with E-state index in [0.717, 1.165) is 0 Å². The van der Waals surface area contributed by atoms with Gasteiger partial charge in [-0.2, -0.15) is 0 Å². The highest BCUT2D eigenvalue weighted by Gasteiger charge is 2.20. The van der Waals surface area contributed by atoms with Gasteiger partial charge >= 0.3 is 0 Å². The first kappa shape index (κ1) is 24.1. The Bertz CT molecular complexity index is 1260. The fourth-order valence-corrected chi connectivity index (χ4v) is 4.36. The smallest absolute Gasteiger partial charge is 0.262 e. The number of amides is 2. The van der Waals surface area contributed by atoms with Crippen molar-refractivity contribution in [3.05, 3.63) is 82.9 Å². The number of aryl methyl sites for hydroxylation is 1. The first-order valence-electron chi connectivity index (χ1n) is 9.79. The molecule has 0 saturated carbocycles. The Labute approximate surface area is 197 Å². The Balaban J connectivity index is 1.68. The van der Waals surface area contributed by atoms with Gasteiger partial charge in [-0.1, -0.05) is 17.7 Å². The van der Waals surface area contributed by atoms with Crippen LogP contribution >= 0.6 is 11.6 Å². The molecule has 0 unspecified atom stereocenters. The van der Waals surface area contributed by atoms with E-state index >= 15 is 0 Å². The molecule has 172 valence electrons. The molecule has 0 heterocycles. The number of methoxy groups -OCH3 is 1. The van der Waals surface area contributed by atoms with E-state index in [4.69, 9.17) is 16.3 Å². The number of hydrogen-bond donors (Lipinski definition) is 3. The zero-order valence-electron chi connectivity index (χ0n) is 17.9. The van der Waals surface area contributed by atoms with Crippen molar-refractivity contribution in [2.75, 3.05) is 23.7 Å². The summed E-state index contributed by atoms with van der Waals surface area (Å²) in [6.07, 6.45) is 0. The van der Waals surface area contributed by atoms with E-state index in [9.17, 15) is 18.0 Å². The number of carbonyl (C=O) groups excluding carboxylic acids is 2. The molecule has 0 radical (unpaired) electrons. The van der Waals surface area contributed by atoms with Crippen LogP contribution in [0.4, 0.5) is 11.4 Å². The summed E-state index contributed by atoms with van der Waals surface area (Å²) in [4.78, 5) is 24.6. The number of benzene rings is 3. The maximum Gasteiger partial charge on any atom is 0.262 e. The number of carbonyl (C=O) groups is 2. The summed E-state index contributed by atoms with van der Waals surface area (Å²) in [5.74, 6) is -0.429. The third-order valence-electron chi connectivity index (χ3n) is 4.62. The van der Waals surface area contributed by atoms with Gasteiger partial charge in [-0.05, 0) is 73.2 Å². The third-order valence-corrected chi connectivity index (χ3v) is 6.39. The van der Waals surface area contributed by atoms with Crippen molar-refractivity contribution in [3.8, 4) is 5.75 Å². The number of hydrogen-bond acceptors (Lipinski definition) is 5. The highest BCUT2D eigenvalue weighted by atomic mass is 35.5. The molecule has 0 aliphatic rings. The van der Waals surface area contributed by atoms with Crippen LogP contribution in [-0.4, -0.2) is 33.9 Å². The molecule has 33 heavy (non-hydrogen) atoms. The zero-order chi connectivity index (χ0) is 24.0. The van der Waals surface area contributed by atoms with Crippen LogP contribution in [0.1, 0.15) is 15.9 Å². The first-order chi connectivity index (χ1) is 15.7. The second-order valence-electron chi connectivity index (χ2n) is 7.05. The largest absolute Gasteiger partial charge is 0.497 e. The maximum absolute atomic E-state index is 12.9. The van der Waals surface area contributed by atoms with Crippen molar-refractivity contribution in [2.24, 2.45) is 0 Å². The molecule has 3 rings (SSSR count). The lowest BCUT2D eigenvalue weighted by molar-refractivity contribution is -0.115. The second-order valence-corrected chi connectivity index (χ2v) is 9.14. The fourth-order valence-electron chi connectivity index (χ4n) is 2.90. The standard InChI is InChI=1S/C23H22ClN3O5S/c1-15-3-4-16(23(29)25-14-22(28)26-18-7-5-17(24)6-8-18)13-21(15)33(30,31)27-19-9-11-20(32-2)12-10-19/h3-13,27H,14H2,1-2H3,(H,25,29)(H,26,28). The van der Waals surface area contributed by atoms with Gasteiger partial charge < -0.3 is 15.4 Å². The summed E-state index contributed by atoms with van der Waals surface area (Å²) in [5.41, 5.74) is 1.46. The van der Waals surface area contributed by atoms with E-state index in [-0.39, 0.29) is 17.0 Å². The fraction of sp³-hybridized carbons (Fsp3) is 0.130. The van der Waals surface area contributed by atoms with Gasteiger partial charge in [0.2, 0.25) is 5.91 Å². The van der Waals surface area contributed by atoms with Gasteiger partial charge in [-0.15, -0.1) is 0 Å². The van der Waals surface area contributed by atoms with Gasteiger partial charge in [0.05, 0.1) is 18.6 Å². The minimum absolute atomic E-state index is 0.0448. The molecule has 2 amide bonds. The molecule has 0 aromatic heterocycles. The minimum atomic E-state index is -3.96. The number of sulfonamides is 1. The first-order valence-corrected chi connectivity index (χ1v) is 11.7. The van der Waals surface area contributed by atoms with Gasteiger partial charge in [0.15, 0.2) is 0 Å². The lowest BCUT2D eigenvalue weighted by Gasteiger charge is -2.13. The molecule has 0 saturated heterocycles. The number of rotatable bonds is 8. The number of halogens is 1. The third kappa shape index (κ3) is 6.47. The predicted molar refractivity (Wildman–Crippen MR) is 127 cm³/mol. The molecule has 8 nitrogen and oxygen atoms in total. The summed E-state index contributed by atoms with van der Waals surface area (Å²) in [7, 11) is -2.44. The SMILES string of the molecule is COc1ccc(NS(=O)(=O)c2cc(C(=O)NCC(=O)Nc3ccc(Cl)cc3)ccc2C)cc1. The Kier molecular flexibility index (Phi) is 7.57. The molecule has 3 aromatic rings. The van der Waals surface area contributed by atoms with Crippen LogP contribution in [0.25, 0.3) is 0 Å². The van der Waals surface area contributed by atoms with Crippen LogP contribution in [0.3, 0.4) is 0 Å². The lowest BCUT2D eigenvalue weighted by atomic mass is 10.1. The normalized spacial score (nSPS) is 10.9. The Hall–Kier alpha value is -3.56. The molecule has 0 spiro atoms. The van der Waals surface area contributed by atoms with Crippen LogP contribution in [-0.2, 0) is 14.8 Å². The van der Waals surface area contributed by atoms with Crippen LogP contribution in [0.5, 0.6) is 5.75 Å². The van der Waals surface area contributed by atoms with Crippen molar-refractivity contribution in [2.45, 2.75) is 11.8 Å². The molecule has 0 aliphatic carbocycles. The summed E-state index contributed by atoms with van der Waals surface area (Å²) >= 11 is 5.81. The molecular weight excluding hydrogens is 466 g/mol. The molecular formula is C23H22ClN3O5S. The Morgan fingerprint density at radius 2 is 1.58 bits per heavy atom. The van der Waals surface area contributed by atoms with E-state index in [1.54, 1.807) is 55.5 Å². The van der Waals surface area contributed by atoms with Crippen molar-refractivity contribution < 1.29 is 22.7 Å². The molecule has 3 N–H and O–H groups in total. The van der Waals surface area contributed by atoms with Crippen LogP contribution in [0.2, 0.25) is 5.02 Å². The van der Waals surface area contributed by atoms with E-state index in [1.165, 1.54) is 25.3 Å². The van der Waals surface area contributed by atoms with Gasteiger partial charge in [-0.25, -0.2) is 8.42 Å². The Morgan fingerprint density at radius 1 is 0.939 bits per heavy atom. The van der Waals surface area contributed by atoms with Gasteiger partial charge in [-0.3, -0.25) is 14.3 Å². The van der Waals surface area contributed by atoms with Crippen LogP contribution in [0, 0.1) is 6.92 Å². The molecule has 0 fully saturated rings. The zero-order valence-corrected chi connectivity index (χ0v) is 19.5. The van der Waals surface area contributed by atoms with E-state index < -0.39 is 21.8 Å². The summed E-state index contributed by atoms with van der Waals surface area (Å²) < 4.78 is 33.3. The van der Waals surface area contributed by atoms with Crippen LogP contribution in [0.15, 0.2) is 71.6 Å².